The number of esters is 1. The molecule has 0 bridgehead atoms. The summed E-state index contributed by atoms with van der Waals surface area (Å²) in [6, 6.07) is -0.356. The van der Waals surface area contributed by atoms with E-state index >= 15 is 0 Å². The Hall–Kier alpha value is -1.30. The van der Waals surface area contributed by atoms with E-state index in [0.29, 0.717) is 13.1 Å². The second-order valence-electron chi connectivity index (χ2n) is 5.77. The second-order valence-corrected chi connectivity index (χ2v) is 5.77. The van der Waals surface area contributed by atoms with Gasteiger partial charge in [0.05, 0.1) is 7.11 Å². The lowest BCUT2D eigenvalue weighted by Gasteiger charge is -2.22. The lowest BCUT2D eigenvalue weighted by molar-refractivity contribution is -0.144. The molecule has 0 spiro atoms. The van der Waals surface area contributed by atoms with E-state index in [2.05, 4.69) is 10.6 Å². The molecule has 1 amide bonds. The van der Waals surface area contributed by atoms with Crippen LogP contribution in [0.1, 0.15) is 41.0 Å². The highest BCUT2D eigenvalue weighted by molar-refractivity contribution is 5.76. The van der Waals surface area contributed by atoms with Crippen LogP contribution in [0.15, 0.2) is 0 Å². The molecule has 0 radical (unpaired) electrons. The molecule has 6 heteroatoms. The minimum absolute atomic E-state index is 0.170. The van der Waals surface area contributed by atoms with Crippen molar-refractivity contribution in [1.82, 2.24) is 10.6 Å². The Labute approximate surface area is 121 Å². The second kappa shape index (κ2) is 8.79. The molecular weight excluding hydrogens is 260 g/mol. The fourth-order valence-corrected chi connectivity index (χ4v) is 1.59. The van der Waals surface area contributed by atoms with E-state index in [0.717, 1.165) is 6.42 Å². The Kier molecular flexibility index (Phi) is 8.22. The maximum absolute atomic E-state index is 11.6. The molecule has 0 rings (SSSR count). The largest absolute Gasteiger partial charge is 0.468 e. The van der Waals surface area contributed by atoms with Crippen molar-refractivity contribution in [2.24, 2.45) is 5.92 Å². The number of rotatable bonds is 7. The molecule has 0 aliphatic heterocycles. The molecule has 0 aromatic rings. The molecular formula is C14H28N2O4. The van der Waals surface area contributed by atoms with Crippen LogP contribution in [0.2, 0.25) is 0 Å². The number of carbonyl (C=O) groups excluding carboxylic acids is 2. The predicted octanol–water partition coefficient (Wildman–Crippen LogP) is 1.69. The zero-order chi connectivity index (χ0) is 15.8. The van der Waals surface area contributed by atoms with Crippen molar-refractivity contribution in [1.29, 1.82) is 0 Å². The molecule has 0 saturated carbocycles. The van der Waals surface area contributed by atoms with Gasteiger partial charge in [-0.3, -0.25) is 4.79 Å². The third-order valence-corrected chi connectivity index (χ3v) is 2.83. The summed E-state index contributed by atoms with van der Waals surface area (Å²) in [4.78, 5) is 23.1. The predicted molar refractivity (Wildman–Crippen MR) is 77.5 cm³/mol. The molecule has 0 fully saturated rings. The zero-order valence-electron chi connectivity index (χ0n) is 13.4. The van der Waals surface area contributed by atoms with E-state index < -0.39 is 11.7 Å². The summed E-state index contributed by atoms with van der Waals surface area (Å²) in [5, 5.41) is 5.73. The van der Waals surface area contributed by atoms with Crippen LogP contribution < -0.4 is 10.6 Å². The summed E-state index contributed by atoms with van der Waals surface area (Å²) in [5.74, 6) is -0.111. The molecule has 118 valence electrons. The molecule has 6 nitrogen and oxygen atoms in total. The van der Waals surface area contributed by atoms with Gasteiger partial charge >= 0.3 is 12.1 Å². The highest BCUT2D eigenvalue weighted by atomic mass is 16.6. The minimum Gasteiger partial charge on any atom is -0.468 e. The monoisotopic (exact) mass is 288 g/mol. The van der Waals surface area contributed by atoms with Crippen molar-refractivity contribution in [2.75, 3.05) is 20.2 Å². The van der Waals surface area contributed by atoms with Crippen molar-refractivity contribution in [3.8, 4) is 0 Å². The van der Waals surface area contributed by atoms with Gasteiger partial charge < -0.3 is 20.1 Å². The van der Waals surface area contributed by atoms with Crippen LogP contribution in [0.5, 0.6) is 0 Å². The van der Waals surface area contributed by atoms with Crippen LogP contribution in [0.4, 0.5) is 4.79 Å². The van der Waals surface area contributed by atoms with Gasteiger partial charge in [0.25, 0.3) is 0 Å². The minimum atomic E-state index is -0.511. The highest BCUT2D eigenvalue weighted by Crippen LogP contribution is 2.09. The van der Waals surface area contributed by atoms with Gasteiger partial charge in [0.15, 0.2) is 0 Å². The van der Waals surface area contributed by atoms with E-state index in [1.807, 2.05) is 13.8 Å². The van der Waals surface area contributed by atoms with Crippen molar-refractivity contribution < 1.29 is 19.1 Å². The average Bonchev–Trinajstić information content (AvgIpc) is 2.35. The van der Waals surface area contributed by atoms with E-state index in [9.17, 15) is 9.59 Å². The first kappa shape index (κ1) is 18.7. The van der Waals surface area contributed by atoms with E-state index in [4.69, 9.17) is 9.47 Å². The number of hydrogen-bond donors (Lipinski definition) is 2. The van der Waals surface area contributed by atoms with Gasteiger partial charge in [-0.1, -0.05) is 20.3 Å². The Morgan fingerprint density at radius 3 is 2.25 bits per heavy atom. The summed E-state index contributed by atoms with van der Waals surface area (Å²) < 4.78 is 9.88. The molecule has 2 atom stereocenters. The highest BCUT2D eigenvalue weighted by Gasteiger charge is 2.24. The fourth-order valence-electron chi connectivity index (χ4n) is 1.59. The molecule has 20 heavy (non-hydrogen) atoms. The number of nitrogens with one attached hydrogen (secondary N) is 2. The summed E-state index contributed by atoms with van der Waals surface area (Å²) in [6.07, 6.45) is 0.407. The maximum Gasteiger partial charge on any atom is 0.407 e. The van der Waals surface area contributed by atoms with Crippen molar-refractivity contribution in [2.45, 2.75) is 52.7 Å². The van der Waals surface area contributed by atoms with Crippen LogP contribution in [0, 0.1) is 5.92 Å². The van der Waals surface area contributed by atoms with Gasteiger partial charge in [0, 0.05) is 13.1 Å². The first-order chi connectivity index (χ1) is 9.21. The summed E-state index contributed by atoms with van der Waals surface area (Å²) in [7, 11) is 1.37. The van der Waals surface area contributed by atoms with Crippen LogP contribution in [-0.2, 0) is 14.3 Å². The van der Waals surface area contributed by atoms with Gasteiger partial charge in [0.1, 0.15) is 11.6 Å². The van der Waals surface area contributed by atoms with Crippen molar-refractivity contribution >= 4 is 12.1 Å². The molecule has 2 unspecified atom stereocenters. The van der Waals surface area contributed by atoms with Crippen LogP contribution in [-0.4, -0.2) is 43.9 Å². The van der Waals surface area contributed by atoms with E-state index in [1.54, 1.807) is 20.8 Å². The molecule has 0 aromatic heterocycles. The normalized spacial score (nSPS) is 14.3. The quantitative estimate of drug-likeness (QED) is 0.550. The number of methoxy groups -OCH3 is 1. The zero-order valence-corrected chi connectivity index (χ0v) is 13.4. The standard InChI is InChI=1S/C14H28N2O4/c1-7-10(2)11(12(17)19-6)15-8-9-16-13(18)20-14(3,4)5/h10-11,15H,7-9H2,1-6H3,(H,16,18). The Morgan fingerprint density at radius 1 is 1.20 bits per heavy atom. The first-order valence-corrected chi connectivity index (χ1v) is 6.99. The Morgan fingerprint density at radius 2 is 1.80 bits per heavy atom. The van der Waals surface area contributed by atoms with Gasteiger partial charge in [-0.2, -0.15) is 0 Å². The van der Waals surface area contributed by atoms with Crippen LogP contribution in [0.25, 0.3) is 0 Å². The lowest BCUT2D eigenvalue weighted by atomic mass is 9.99. The molecule has 0 saturated heterocycles. The molecule has 0 aliphatic carbocycles. The third-order valence-electron chi connectivity index (χ3n) is 2.83. The van der Waals surface area contributed by atoms with Crippen molar-refractivity contribution in [3.63, 3.8) is 0 Å². The van der Waals surface area contributed by atoms with E-state index in [-0.39, 0.29) is 17.9 Å². The van der Waals surface area contributed by atoms with Gasteiger partial charge in [-0.15, -0.1) is 0 Å². The fraction of sp³-hybridized carbons (Fsp3) is 0.857. The number of amides is 1. The maximum atomic E-state index is 11.6. The molecule has 0 aliphatic rings. The van der Waals surface area contributed by atoms with Gasteiger partial charge in [0.2, 0.25) is 0 Å². The summed E-state index contributed by atoms with van der Waals surface area (Å²) in [5.41, 5.74) is -0.511. The first-order valence-electron chi connectivity index (χ1n) is 6.99. The average molecular weight is 288 g/mol. The molecule has 2 N–H and O–H groups in total. The van der Waals surface area contributed by atoms with E-state index in [1.165, 1.54) is 7.11 Å². The molecule has 0 heterocycles. The topological polar surface area (TPSA) is 76.7 Å². The van der Waals surface area contributed by atoms with Gasteiger partial charge in [-0.05, 0) is 26.7 Å². The van der Waals surface area contributed by atoms with Gasteiger partial charge in [-0.25, -0.2) is 4.79 Å². The lowest BCUT2D eigenvalue weighted by Crippen LogP contribution is -2.46. The molecule has 0 aromatic carbocycles. The van der Waals surface area contributed by atoms with Crippen molar-refractivity contribution in [3.05, 3.63) is 0 Å². The third kappa shape index (κ3) is 7.99. The number of carbonyl (C=O) groups is 2. The summed E-state index contributed by atoms with van der Waals surface area (Å²) in [6.45, 7) is 10.3. The number of hydrogen-bond acceptors (Lipinski definition) is 5. The Balaban J connectivity index is 4.07. The Bertz CT molecular complexity index is 313. The number of ether oxygens (including phenoxy) is 2. The number of alkyl carbamates (subject to hydrolysis) is 1. The smallest absolute Gasteiger partial charge is 0.407 e. The van der Waals surface area contributed by atoms with Crippen LogP contribution in [0.3, 0.4) is 0 Å². The summed E-state index contributed by atoms with van der Waals surface area (Å²) >= 11 is 0. The SMILES string of the molecule is CCC(C)C(NCCNC(=O)OC(C)(C)C)C(=O)OC. The van der Waals surface area contributed by atoms with Crippen LogP contribution >= 0.6 is 0 Å².